The average molecular weight is 332 g/mol. The number of benzene rings is 1. The smallest absolute Gasteiger partial charge is 0.218 e. The molecule has 0 aliphatic carbocycles. The minimum atomic E-state index is -3.46. The average Bonchev–Trinajstić information content (AvgIpc) is 2.91. The highest BCUT2D eigenvalue weighted by Gasteiger charge is 2.39. The van der Waals surface area contributed by atoms with E-state index in [1.54, 1.807) is 12.4 Å². The van der Waals surface area contributed by atoms with Gasteiger partial charge in [-0.15, -0.1) is 0 Å². The Balaban J connectivity index is 1.79. The van der Waals surface area contributed by atoms with Gasteiger partial charge in [0.05, 0.1) is 17.9 Å². The quantitative estimate of drug-likeness (QED) is 0.903. The van der Waals surface area contributed by atoms with Gasteiger partial charge in [0, 0.05) is 18.9 Å². The number of hydrogen-bond acceptors (Lipinski definition) is 4. The molecule has 0 unspecified atom stereocenters. The summed E-state index contributed by atoms with van der Waals surface area (Å²) >= 11 is 0. The van der Waals surface area contributed by atoms with Crippen LogP contribution in [0.3, 0.4) is 0 Å². The van der Waals surface area contributed by atoms with Gasteiger partial charge in [0.25, 0.3) is 0 Å². The molecular formula is C17H20N2O3S. The van der Waals surface area contributed by atoms with Gasteiger partial charge in [-0.3, -0.25) is 4.98 Å². The van der Waals surface area contributed by atoms with Crippen molar-refractivity contribution in [2.45, 2.75) is 30.7 Å². The third-order valence-electron chi connectivity index (χ3n) is 4.20. The predicted octanol–water partition coefficient (Wildman–Crippen LogP) is 1.59. The van der Waals surface area contributed by atoms with E-state index < -0.39 is 22.2 Å². The van der Waals surface area contributed by atoms with Gasteiger partial charge in [-0.1, -0.05) is 30.3 Å². The van der Waals surface area contributed by atoms with E-state index >= 15 is 0 Å². The lowest BCUT2D eigenvalue weighted by Crippen LogP contribution is -2.41. The van der Waals surface area contributed by atoms with Gasteiger partial charge in [-0.05, 0) is 36.1 Å². The summed E-state index contributed by atoms with van der Waals surface area (Å²) in [6.07, 6.45) is 3.70. The maximum absolute atomic E-state index is 12.8. The molecule has 0 radical (unpaired) electrons. The zero-order valence-electron chi connectivity index (χ0n) is 12.7. The topological polar surface area (TPSA) is 70.5 Å². The summed E-state index contributed by atoms with van der Waals surface area (Å²) in [7, 11) is -3.46. The molecule has 5 nitrogen and oxygen atoms in total. The first-order valence-electron chi connectivity index (χ1n) is 7.67. The van der Waals surface area contributed by atoms with E-state index in [0.29, 0.717) is 19.4 Å². The van der Waals surface area contributed by atoms with Gasteiger partial charge < -0.3 is 5.11 Å². The summed E-state index contributed by atoms with van der Waals surface area (Å²) in [4.78, 5) is 3.97. The molecule has 0 spiro atoms. The fourth-order valence-electron chi connectivity index (χ4n) is 3.02. The van der Waals surface area contributed by atoms with Crippen LogP contribution in [0.5, 0.6) is 0 Å². The molecular weight excluding hydrogens is 312 g/mol. The third kappa shape index (κ3) is 3.77. The van der Waals surface area contributed by atoms with Gasteiger partial charge in [0.2, 0.25) is 10.0 Å². The molecule has 122 valence electrons. The maximum Gasteiger partial charge on any atom is 0.218 e. The minimum Gasteiger partial charge on any atom is -0.391 e. The molecule has 2 aromatic rings. The Hall–Kier alpha value is -1.76. The second-order valence-electron chi connectivity index (χ2n) is 5.84. The molecule has 0 saturated carbocycles. The molecule has 1 aromatic carbocycles. The highest BCUT2D eigenvalue weighted by atomic mass is 32.2. The molecule has 2 atom stereocenters. The number of hydrogen-bond donors (Lipinski definition) is 1. The van der Waals surface area contributed by atoms with Crippen LogP contribution in [0.1, 0.15) is 17.5 Å². The van der Waals surface area contributed by atoms with Crippen molar-refractivity contribution in [3.8, 4) is 0 Å². The van der Waals surface area contributed by atoms with Crippen LogP contribution in [0, 0.1) is 0 Å². The SMILES string of the molecule is O=S(=O)(Cc1ccccc1)N1CC[C@@H](O)[C@H]1Cc1ccncc1. The van der Waals surface area contributed by atoms with Crippen molar-refractivity contribution < 1.29 is 13.5 Å². The Bertz CT molecular complexity index is 735. The standard InChI is InChI=1S/C17H20N2O3S/c20-17-8-11-19(16(17)12-14-6-9-18-10-7-14)23(21,22)13-15-4-2-1-3-5-15/h1-7,9-10,16-17,20H,8,11-13H2/t16-,17-/m1/s1. The van der Waals surface area contributed by atoms with Gasteiger partial charge in [-0.25, -0.2) is 8.42 Å². The molecule has 1 aliphatic heterocycles. The van der Waals surface area contributed by atoms with Crippen molar-refractivity contribution in [1.29, 1.82) is 0 Å². The lowest BCUT2D eigenvalue weighted by Gasteiger charge is -2.26. The molecule has 1 aromatic heterocycles. The van der Waals surface area contributed by atoms with Crippen LogP contribution in [0.25, 0.3) is 0 Å². The van der Waals surface area contributed by atoms with E-state index in [-0.39, 0.29) is 5.75 Å². The monoisotopic (exact) mass is 332 g/mol. The molecule has 1 fully saturated rings. The van der Waals surface area contributed by atoms with Crippen LogP contribution in [0.2, 0.25) is 0 Å². The highest BCUT2D eigenvalue weighted by molar-refractivity contribution is 7.88. The summed E-state index contributed by atoms with van der Waals surface area (Å²) in [6.45, 7) is 0.367. The summed E-state index contributed by atoms with van der Waals surface area (Å²) in [5.74, 6) is -0.0343. The Kier molecular flexibility index (Phi) is 4.75. The van der Waals surface area contributed by atoms with Crippen LogP contribution in [-0.4, -0.2) is 41.5 Å². The van der Waals surface area contributed by atoms with Crippen LogP contribution < -0.4 is 0 Å². The van der Waals surface area contributed by atoms with Crippen LogP contribution in [0.15, 0.2) is 54.9 Å². The number of aliphatic hydroxyl groups excluding tert-OH is 1. The Labute approximate surface area is 136 Å². The Morgan fingerprint density at radius 3 is 2.48 bits per heavy atom. The van der Waals surface area contributed by atoms with E-state index in [1.165, 1.54) is 4.31 Å². The minimum absolute atomic E-state index is 0.0343. The molecule has 1 N–H and O–H groups in total. The molecule has 6 heteroatoms. The molecule has 1 aliphatic rings. The first-order valence-corrected chi connectivity index (χ1v) is 9.27. The van der Waals surface area contributed by atoms with Gasteiger partial charge in [0.1, 0.15) is 0 Å². The van der Waals surface area contributed by atoms with Gasteiger partial charge in [-0.2, -0.15) is 4.31 Å². The van der Waals surface area contributed by atoms with E-state index in [0.717, 1.165) is 11.1 Å². The number of aliphatic hydroxyl groups is 1. The summed E-state index contributed by atoms with van der Waals surface area (Å²) in [5, 5.41) is 10.2. The first kappa shape index (κ1) is 16.1. The van der Waals surface area contributed by atoms with Crippen molar-refractivity contribution in [3.05, 3.63) is 66.0 Å². The summed E-state index contributed by atoms with van der Waals surface area (Å²) in [5.41, 5.74) is 1.74. The maximum atomic E-state index is 12.8. The Morgan fingerprint density at radius 2 is 1.78 bits per heavy atom. The largest absolute Gasteiger partial charge is 0.391 e. The van der Waals surface area contributed by atoms with E-state index in [1.807, 2.05) is 42.5 Å². The van der Waals surface area contributed by atoms with Crippen molar-refractivity contribution in [2.75, 3.05) is 6.54 Å². The van der Waals surface area contributed by atoms with Crippen molar-refractivity contribution in [2.24, 2.45) is 0 Å². The Morgan fingerprint density at radius 1 is 1.09 bits per heavy atom. The molecule has 1 saturated heterocycles. The number of aromatic nitrogens is 1. The van der Waals surface area contributed by atoms with Crippen LogP contribution in [-0.2, 0) is 22.2 Å². The normalized spacial score (nSPS) is 22.3. The van der Waals surface area contributed by atoms with E-state index in [9.17, 15) is 13.5 Å². The van der Waals surface area contributed by atoms with E-state index in [2.05, 4.69) is 4.98 Å². The summed E-state index contributed by atoms with van der Waals surface area (Å²) < 4.78 is 27.0. The van der Waals surface area contributed by atoms with E-state index in [4.69, 9.17) is 0 Å². The number of sulfonamides is 1. The molecule has 0 amide bonds. The summed E-state index contributed by atoms with van der Waals surface area (Å²) in [6, 6.07) is 12.4. The molecule has 3 rings (SSSR count). The third-order valence-corrected chi connectivity index (χ3v) is 6.07. The zero-order valence-corrected chi connectivity index (χ0v) is 13.6. The second kappa shape index (κ2) is 6.78. The van der Waals surface area contributed by atoms with Gasteiger partial charge >= 0.3 is 0 Å². The predicted molar refractivity (Wildman–Crippen MR) is 88.1 cm³/mol. The number of rotatable bonds is 5. The lowest BCUT2D eigenvalue weighted by atomic mass is 10.0. The fraction of sp³-hybridized carbons (Fsp3) is 0.353. The van der Waals surface area contributed by atoms with Crippen molar-refractivity contribution >= 4 is 10.0 Å². The van der Waals surface area contributed by atoms with Crippen molar-refractivity contribution in [1.82, 2.24) is 9.29 Å². The number of nitrogens with zero attached hydrogens (tertiary/aromatic N) is 2. The first-order chi connectivity index (χ1) is 11.1. The zero-order chi connectivity index (χ0) is 16.3. The van der Waals surface area contributed by atoms with Gasteiger partial charge in [0.15, 0.2) is 0 Å². The molecule has 0 bridgehead atoms. The van der Waals surface area contributed by atoms with Crippen LogP contribution >= 0.6 is 0 Å². The second-order valence-corrected chi connectivity index (χ2v) is 7.76. The molecule has 23 heavy (non-hydrogen) atoms. The van der Waals surface area contributed by atoms with Crippen LogP contribution in [0.4, 0.5) is 0 Å². The highest BCUT2D eigenvalue weighted by Crippen LogP contribution is 2.26. The fourth-order valence-corrected chi connectivity index (χ4v) is 4.81. The number of pyridine rings is 1. The van der Waals surface area contributed by atoms with Crippen molar-refractivity contribution in [3.63, 3.8) is 0 Å². The molecule has 2 heterocycles. The lowest BCUT2D eigenvalue weighted by molar-refractivity contribution is 0.142.